The van der Waals surface area contributed by atoms with Crippen molar-refractivity contribution in [2.45, 2.75) is 38.8 Å². The highest BCUT2D eigenvalue weighted by Crippen LogP contribution is 2.17. The van der Waals surface area contributed by atoms with Gasteiger partial charge in [-0.1, -0.05) is 37.3 Å². The van der Waals surface area contributed by atoms with E-state index in [1.54, 1.807) is 19.9 Å². The van der Waals surface area contributed by atoms with Gasteiger partial charge in [-0.3, -0.25) is 4.79 Å². The Labute approximate surface area is 143 Å². The summed E-state index contributed by atoms with van der Waals surface area (Å²) in [5, 5.41) is 9.00. The Kier molecular flexibility index (Phi) is 8.34. The molecule has 1 rings (SSSR count). The molecule has 0 fully saturated rings. The minimum Gasteiger partial charge on any atom is -0.372 e. The third-order valence-corrected chi connectivity index (χ3v) is 3.97. The van der Waals surface area contributed by atoms with Crippen molar-refractivity contribution in [3.05, 3.63) is 48.0 Å². The van der Waals surface area contributed by atoms with Crippen LogP contribution in [0, 0.1) is 17.2 Å². The lowest BCUT2D eigenvalue weighted by Crippen LogP contribution is -2.29. The number of carbonyl (C=O) groups excluding carboxylic acids is 1. The number of rotatable bonds is 10. The van der Waals surface area contributed by atoms with E-state index in [-0.39, 0.29) is 12.2 Å². The molecule has 0 aliphatic rings. The third kappa shape index (κ3) is 6.25. The lowest BCUT2D eigenvalue weighted by Gasteiger charge is -2.23. The molecular formula is C19H25NO4. The van der Waals surface area contributed by atoms with E-state index in [1.165, 1.54) is 20.3 Å². The van der Waals surface area contributed by atoms with Gasteiger partial charge in [-0.05, 0) is 24.6 Å². The molecule has 5 heteroatoms. The maximum atomic E-state index is 12.4. The van der Waals surface area contributed by atoms with E-state index in [0.717, 1.165) is 5.56 Å². The van der Waals surface area contributed by atoms with E-state index in [2.05, 4.69) is 6.07 Å². The van der Waals surface area contributed by atoms with Crippen LogP contribution in [0.2, 0.25) is 0 Å². The minimum atomic E-state index is -0.953. The Morgan fingerprint density at radius 2 is 1.92 bits per heavy atom. The molecule has 130 valence electrons. The molecule has 2 atom stereocenters. The number of hydrogen-bond donors (Lipinski definition) is 0. The zero-order valence-corrected chi connectivity index (χ0v) is 14.7. The van der Waals surface area contributed by atoms with Gasteiger partial charge >= 0.3 is 0 Å². The highest BCUT2D eigenvalue weighted by molar-refractivity contribution is 5.92. The smallest absolute Gasteiger partial charge is 0.184 e. The van der Waals surface area contributed by atoms with Crippen molar-refractivity contribution in [1.82, 2.24) is 0 Å². The zero-order valence-electron chi connectivity index (χ0n) is 14.7. The summed E-state index contributed by atoms with van der Waals surface area (Å²) in [5.74, 6) is -1.53. The van der Waals surface area contributed by atoms with Gasteiger partial charge in [-0.2, -0.15) is 5.26 Å². The van der Waals surface area contributed by atoms with Crippen molar-refractivity contribution in [3.63, 3.8) is 0 Å². The van der Waals surface area contributed by atoms with Crippen LogP contribution in [0.1, 0.15) is 25.8 Å². The Bertz CT molecular complexity index is 573. The van der Waals surface area contributed by atoms with Crippen LogP contribution in [0.5, 0.6) is 0 Å². The lowest BCUT2D eigenvalue weighted by atomic mass is 9.96. The number of allylic oxidation sites excluding steroid dienone is 1. The summed E-state index contributed by atoms with van der Waals surface area (Å²) < 4.78 is 16.2. The number of benzene rings is 1. The predicted octanol–water partition coefficient (Wildman–Crippen LogP) is 3.26. The standard InChI is InChI=1S/C19H25NO4/c1-15(17(21)10-12-19(2,22-3)23-4)18(11-13-20)24-14-16-8-6-5-7-9-16/h5-10,12,15,18H,11,14H2,1-4H3/b12-10+/t15-,18-/m1/s1. The van der Waals surface area contributed by atoms with E-state index in [4.69, 9.17) is 19.5 Å². The third-order valence-electron chi connectivity index (χ3n) is 3.97. The summed E-state index contributed by atoms with van der Waals surface area (Å²) in [6.45, 7) is 3.83. The molecular weight excluding hydrogens is 306 g/mol. The first kappa shape index (κ1) is 20.0. The first-order valence-corrected chi connectivity index (χ1v) is 7.81. The van der Waals surface area contributed by atoms with Crippen molar-refractivity contribution in [2.24, 2.45) is 5.92 Å². The van der Waals surface area contributed by atoms with Crippen molar-refractivity contribution < 1.29 is 19.0 Å². The van der Waals surface area contributed by atoms with Gasteiger partial charge < -0.3 is 14.2 Å². The first-order chi connectivity index (χ1) is 11.5. The monoisotopic (exact) mass is 331 g/mol. The molecule has 0 amide bonds. The van der Waals surface area contributed by atoms with Gasteiger partial charge in [0.1, 0.15) is 0 Å². The van der Waals surface area contributed by atoms with E-state index in [0.29, 0.717) is 6.61 Å². The van der Waals surface area contributed by atoms with E-state index >= 15 is 0 Å². The molecule has 0 aliphatic heterocycles. The molecule has 0 saturated heterocycles. The van der Waals surface area contributed by atoms with Crippen LogP contribution in [-0.2, 0) is 25.6 Å². The molecule has 0 N–H and O–H groups in total. The average molecular weight is 331 g/mol. The topological polar surface area (TPSA) is 68.6 Å². The lowest BCUT2D eigenvalue weighted by molar-refractivity contribution is -0.156. The predicted molar refractivity (Wildman–Crippen MR) is 91.0 cm³/mol. The summed E-state index contributed by atoms with van der Waals surface area (Å²) in [5.41, 5.74) is 1.00. The van der Waals surface area contributed by atoms with E-state index in [1.807, 2.05) is 30.3 Å². The summed E-state index contributed by atoms with van der Waals surface area (Å²) in [6.07, 6.45) is 2.67. The van der Waals surface area contributed by atoms with Gasteiger partial charge in [0.25, 0.3) is 0 Å². The van der Waals surface area contributed by atoms with Crippen LogP contribution in [0.25, 0.3) is 0 Å². The molecule has 0 heterocycles. The fourth-order valence-electron chi connectivity index (χ4n) is 2.04. The number of hydrogen-bond acceptors (Lipinski definition) is 5. The van der Waals surface area contributed by atoms with Crippen molar-refractivity contribution in [3.8, 4) is 6.07 Å². The molecule has 1 aromatic carbocycles. The highest BCUT2D eigenvalue weighted by Gasteiger charge is 2.25. The van der Waals surface area contributed by atoms with Crippen molar-refractivity contribution in [2.75, 3.05) is 14.2 Å². The van der Waals surface area contributed by atoms with Gasteiger partial charge in [-0.25, -0.2) is 0 Å². The number of ether oxygens (including phenoxy) is 3. The Balaban J connectivity index is 2.71. The maximum Gasteiger partial charge on any atom is 0.184 e. The molecule has 5 nitrogen and oxygen atoms in total. The Morgan fingerprint density at radius 3 is 2.46 bits per heavy atom. The van der Waals surface area contributed by atoms with Crippen LogP contribution < -0.4 is 0 Å². The average Bonchev–Trinajstić information content (AvgIpc) is 2.63. The number of ketones is 1. The Morgan fingerprint density at radius 1 is 1.29 bits per heavy atom. The summed E-state index contributed by atoms with van der Waals surface area (Å²) in [7, 11) is 3.01. The first-order valence-electron chi connectivity index (χ1n) is 7.81. The summed E-state index contributed by atoms with van der Waals surface area (Å²) >= 11 is 0. The van der Waals surface area contributed by atoms with Gasteiger partial charge in [0, 0.05) is 20.1 Å². The van der Waals surface area contributed by atoms with E-state index < -0.39 is 17.8 Å². The molecule has 0 radical (unpaired) electrons. The second-order valence-corrected chi connectivity index (χ2v) is 5.65. The van der Waals surface area contributed by atoms with Crippen molar-refractivity contribution >= 4 is 5.78 Å². The second kappa shape index (κ2) is 9.99. The fraction of sp³-hybridized carbons (Fsp3) is 0.474. The molecule has 0 aliphatic carbocycles. The number of methoxy groups -OCH3 is 2. The van der Waals surface area contributed by atoms with Crippen molar-refractivity contribution in [1.29, 1.82) is 5.26 Å². The van der Waals surface area contributed by atoms with Crippen LogP contribution in [-0.4, -0.2) is 31.9 Å². The van der Waals surface area contributed by atoms with E-state index in [9.17, 15) is 4.79 Å². The molecule has 0 bridgehead atoms. The Hall–Kier alpha value is -2.00. The summed E-state index contributed by atoms with van der Waals surface area (Å²) in [6, 6.07) is 11.7. The fourth-order valence-corrected chi connectivity index (χ4v) is 2.04. The second-order valence-electron chi connectivity index (χ2n) is 5.65. The van der Waals surface area contributed by atoms with Gasteiger partial charge in [0.15, 0.2) is 11.6 Å². The normalized spacial score (nSPS) is 14.3. The number of carbonyl (C=O) groups is 1. The van der Waals surface area contributed by atoms with Gasteiger partial charge in [0.2, 0.25) is 0 Å². The quantitative estimate of drug-likeness (QED) is 0.486. The summed E-state index contributed by atoms with van der Waals surface area (Å²) in [4.78, 5) is 12.4. The molecule has 0 spiro atoms. The molecule has 24 heavy (non-hydrogen) atoms. The largest absolute Gasteiger partial charge is 0.372 e. The molecule has 0 saturated carbocycles. The highest BCUT2D eigenvalue weighted by atomic mass is 16.7. The minimum absolute atomic E-state index is 0.136. The van der Waals surface area contributed by atoms with Crippen LogP contribution >= 0.6 is 0 Å². The number of nitriles is 1. The van der Waals surface area contributed by atoms with Gasteiger partial charge in [-0.15, -0.1) is 0 Å². The zero-order chi connectivity index (χ0) is 18.0. The van der Waals surface area contributed by atoms with Crippen LogP contribution in [0.3, 0.4) is 0 Å². The number of nitrogens with zero attached hydrogens (tertiary/aromatic N) is 1. The van der Waals surface area contributed by atoms with Crippen LogP contribution in [0.4, 0.5) is 0 Å². The molecule has 1 aromatic rings. The maximum absolute atomic E-state index is 12.4. The SMILES string of the molecule is COC(C)(/C=C/C(=O)[C@@H](C)[C@@H](CC#N)OCc1ccccc1)OC. The molecule has 0 unspecified atom stereocenters. The van der Waals surface area contributed by atoms with Gasteiger partial charge in [0.05, 0.1) is 25.2 Å². The van der Waals surface area contributed by atoms with Crippen LogP contribution in [0.15, 0.2) is 42.5 Å². The molecule has 0 aromatic heterocycles.